The number of amides is 2. The molecule has 0 bridgehead atoms. The third kappa shape index (κ3) is 5.65. The van der Waals surface area contributed by atoms with Crippen molar-refractivity contribution in [3.8, 4) is 0 Å². The number of carbonyl (C=O) groups excluding carboxylic acids is 2. The lowest BCUT2D eigenvalue weighted by Crippen LogP contribution is -2.55. The number of thiophene rings is 1. The molecule has 0 saturated carbocycles. The van der Waals surface area contributed by atoms with Gasteiger partial charge in [0.15, 0.2) is 0 Å². The zero-order valence-electron chi connectivity index (χ0n) is 23.1. The molecule has 0 aliphatic carbocycles. The van der Waals surface area contributed by atoms with Gasteiger partial charge in [0.1, 0.15) is 5.00 Å². The Morgan fingerprint density at radius 1 is 0.974 bits per heavy atom. The number of rotatable bonds is 5. The normalized spacial score (nSPS) is 21.3. The van der Waals surface area contributed by atoms with Gasteiger partial charge >= 0.3 is 0 Å². The maximum absolute atomic E-state index is 13.9. The van der Waals surface area contributed by atoms with Crippen molar-refractivity contribution in [1.82, 2.24) is 14.5 Å². The van der Waals surface area contributed by atoms with Crippen LogP contribution in [0, 0.1) is 0 Å². The highest BCUT2D eigenvalue weighted by molar-refractivity contribution is 7.89. The first-order chi connectivity index (χ1) is 18.4. The van der Waals surface area contributed by atoms with Crippen LogP contribution in [-0.4, -0.2) is 74.4 Å². The molecule has 0 spiro atoms. The smallest absolute Gasteiger partial charge is 0.257 e. The number of piperidine rings is 1. The molecule has 2 fully saturated rings. The number of hydrogen-bond acceptors (Lipinski definition) is 7. The predicted molar refractivity (Wildman–Crippen MR) is 152 cm³/mol. The fraction of sp³-hybridized carbons (Fsp3) is 0.571. The van der Waals surface area contributed by atoms with Crippen molar-refractivity contribution in [2.75, 3.05) is 44.7 Å². The van der Waals surface area contributed by atoms with E-state index in [-0.39, 0.29) is 27.8 Å². The van der Waals surface area contributed by atoms with Crippen molar-refractivity contribution in [3.05, 3.63) is 45.8 Å². The molecule has 9 nitrogen and oxygen atoms in total. The number of fused-ring (bicyclic) bond motifs is 1. The van der Waals surface area contributed by atoms with Gasteiger partial charge in [0.25, 0.3) is 11.8 Å². The molecule has 2 N–H and O–H groups in total. The summed E-state index contributed by atoms with van der Waals surface area (Å²) < 4.78 is 32.6. The molecular formula is C28H38N4O5S2. The summed E-state index contributed by atoms with van der Waals surface area (Å²) in [6, 6.07) is 5.98. The molecule has 2 saturated heterocycles. The van der Waals surface area contributed by atoms with Crippen LogP contribution in [0.5, 0.6) is 0 Å². The third-order valence-electron chi connectivity index (χ3n) is 7.65. The Morgan fingerprint density at radius 2 is 1.62 bits per heavy atom. The molecule has 1 aromatic carbocycles. The summed E-state index contributed by atoms with van der Waals surface area (Å²) >= 11 is 1.45. The van der Waals surface area contributed by atoms with Crippen molar-refractivity contribution in [2.45, 2.75) is 69.4 Å². The van der Waals surface area contributed by atoms with E-state index in [1.165, 1.54) is 39.9 Å². The van der Waals surface area contributed by atoms with Gasteiger partial charge in [0.05, 0.1) is 23.7 Å². The number of nitrogens with zero attached hydrogens (tertiary/aromatic N) is 2. The summed E-state index contributed by atoms with van der Waals surface area (Å²) in [6.07, 6.45) is 3.77. The zero-order valence-corrected chi connectivity index (χ0v) is 24.8. The summed E-state index contributed by atoms with van der Waals surface area (Å²) in [6.45, 7) is 11.3. The highest BCUT2D eigenvalue weighted by Gasteiger charge is 2.42. The SMILES string of the molecule is CC1(C)Cc2c(sc(NC(=O)c3ccc(S(=O)(=O)N4CCOCC4)cc3)c2C(=O)N2CCCCC2)C(C)(C)N1. The molecule has 3 aliphatic heterocycles. The van der Waals surface area contributed by atoms with E-state index in [4.69, 9.17) is 4.74 Å². The second-order valence-electron chi connectivity index (χ2n) is 11.8. The lowest BCUT2D eigenvalue weighted by atomic mass is 9.81. The van der Waals surface area contributed by atoms with Crippen LogP contribution in [-0.2, 0) is 26.7 Å². The van der Waals surface area contributed by atoms with Gasteiger partial charge in [-0.1, -0.05) is 0 Å². The molecule has 3 aliphatic rings. The van der Waals surface area contributed by atoms with E-state index in [1.807, 2.05) is 4.90 Å². The maximum atomic E-state index is 13.9. The second kappa shape index (κ2) is 10.6. The van der Waals surface area contributed by atoms with Gasteiger partial charge in [-0.25, -0.2) is 8.42 Å². The Balaban J connectivity index is 1.45. The highest BCUT2D eigenvalue weighted by Crippen LogP contribution is 2.45. The summed E-state index contributed by atoms with van der Waals surface area (Å²) in [5, 5.41) is 7.26. The van der Waals surface area contributed by atoms with Crippen LogP contribution in [0.25, 0.3) is 0 Å². The van der Waals surface area contributed by atoms with Gasteiger partial charge in [-0.2, -0.15) is 4.31 Å². The van der Waals surface area contributed by atoms with Gasteiger partial charge in [-0.05, 0) is 83.2 Å². The number of carbonyl (C=O) groups is 2. The number of sulfonamides is 1. The number of ether oxygens (including phenoxy) is 1. The number of likely N-dealkylation sites (tertiary alicyclic amines) is 1. The summed E-state index contributed by atoms with van der Waals surface area (Å²) in [5.41, 5.74) is 1.36. The van der Waals surface area contributed by atoms with Crippen LogP contribution in [0.3, 0.4) is 0 Å². The topological polar surface area (TPSA) is 108 Å². The van der Waals surface area contributed by atoms with E-state index in [9.17, 15) is 18.0 Å². The lowest BCUT2D eigenvalue weighted by Gasteiger charge is -2.42. The average Bonchev–Trinajstić information content (AvgIpc) is 3.26. The number of hydrogen-bond donors (Lipinski definition) is 2. The van der Waals surface area contributed by atoms with Crippen molar-refractivity contribution >= 4 is 38.2 Å². The predicted octanol–water partition coefficient (Wildman–Crippen LogP) is 3.81. The minimum absolute atomic E-state index is 0.0250. The van der Waals surface area contributed by atoms with Gasteiger partial charge in [-0.3, -0.25) is 9.59 Å². The first kappa shape index (κ1) is 28.2. The molecule has 4 heterocycles. The Bertz CT molecular complexity index is 1350. The summed E-state index contributed by atoms with van der Waals surface area (Å²) in [5.74, 6) is -0.399. The van der Waals surface area contributed by atoms with Gasteiger partial charge in [-0.15, -0.1) is 11.3 Å². The van der Waals surface area contributed by atoms with Gasteiger partial charge in [0, 0.05) is 47.7 Å². The molecule has 212 valence electrons. The first-order valence-electron chi connectivity index (χ1n) is 13.6. The van der Waals surface area contributed by atoms with E-state index < -0.39 is 10.0 Å². The second-order valence-corrected chi connectivity index (χ2v) is 14.7. The molecule has 2 aromatic rings. The molecule has 11 heteroatoms. The molecule has 2 amide bonds. The largest absolute Gasteiger partial charge is 0.379 e. The number of morpholine rings is 1. The molecule has 39 heavy (non-hydrogen) atoms. The highest BCUT2D eigenvalue weighted by atomic mass is 32.2. The van der Waals surface area contributed by atoms with Crippen LogP contribution in [0.4, 0.5) is 5.00 Å². The summed E-state index contributed by atoms with van der Waals surface area (Å²) in [7, 11) is -3.65. The van der Waals surface area contributed by atoms with Crippen molar-refractivity contribution in [1.29, 1.82) is 0 Å². The van der Waals surface area contributed by atoms with Crippen LogP contribution in [0.15, 0.2) is 29.2 Å². The van der Waals surface area contributed by atoms with Crippen molar-refractivity contribution in [3.63, 3.8) is 0 Å². The monoisotopic (exact) mass is 574 g/mol. The average molecular weight is 575 g/mol. The van der Waals surface area contributed by atoms with E-state index in [0.717, 1.165) is 42.8 Å². The molecule has 0 atom stereocenters. The fourth-order valence-corrected chi connectivity index (χ4v) is 8.66. The molecule has 0 radical (unpaired) electrons. The molecule has 0 unspecified atom stereocenters. The van der Waals surface area contributed by atoms with Crippen LogP contribution < -0.4 is 10.6 Å². The fourth-order valence-electron chi connectivity index (χ4n) is 5.99. The number of anilines is 1. The minimum Gasteiger partial charge on any atom is -0.379 e. The molecule has 5 rings (SSSR count). The van der Waals surface area contributed by atoms with Crippen molar-refractivity contribution < 1.29 is 22.7 Å². The Kier molecular flexibility index (Phi) is 7.66. The van der Waals surface area contributed by atoms with Gasteiger partial charge in [0.2, 0.25) is 10.0 Å². The first-order valence-corrected chi connectivity index (χ1v) is 15.9. The van der Waals surface area contributed by atoms with Crippen LogP contribution in [0.2, 0.25) is 0 Å². The van der Waals surface area contributed by atoms with Crippen LogP contribution in [0.1, 0.15) is 78.1 Å². The Hall–Kier alpha value is -2.31. The van der Waals surface area contributed by atoms with E-state index >= 15 is 0 Å². The van der Waals surface area contributed by atoms with Crippen molar-refractivity contribution in [2.24, 2.45) is 0 Å². The van der Waals surface area contributed by atoms with Gasteiger partial charge < -0.3 is 20.3 Å². The minimum atomic E-state index is -3.65. The number of nitrogens with one attached hydrogen (secondary N) is 2. The summed E-state index contributed by atoms with van der Waals surface area (Å²) in [4.78, 5) is 30.4. The Morgan fingerprint density at radius 3 is 2.26 bits per heavy atom. The van der Waals surface area contributed by atoms with E-state index in [1.54, 1.807) is 0 Å². The number of benzene rings is 1. The van der Waals surface area contributed by atoms with Crippen LogP contribution >= 0.6 is 11.3 Å². The van der Waals surface area contributed by atoms with E-state index in [0.29, 0.717) is 48.9 Å². The lowest BCUT2D eigenvalue weighted by molar-refractivity contribution is 0.0723. The molecule has 1 aromatic heterocycles. The molecular weight excluding hydrogens is 536 g/mol. The standard InChI is InChI=1S/C28H38N4O5S2/c1-27(2)18-21-22(26(34)31-12-6-5-7-13-31)25(38-23(21)28(3,4)30-27)29-24(33)19-8-10-20(11-9-19)39(35,36)32-14-16-37-17-15-32/h8-11,30H,5-7,12-18H2,1-4H3,(H,29,33). The Labute approximate surface area is 234 Å². The van der Waals surface area contributed by atoms with E-state index in [2.05, 4.69) is 38.3 Å². The zero-order chi connectivity index (χ0) is 28.0. The maximum Gasteiger partial charge on any atom is 0.257 e. The third-order valence-corrected chi connectivity index (χ3v) is 11.0. The quantitative estimate of drug-likeness (QED) is 0.563.